The SMILES string of the molecule is C=C(C1=Cc2cc(I)ccc2OC1)c1ccccc1. The maximum atomic E-state index is 5.80. The Hall–Kier alpha value is -1.55. The van der Waals surface area contributed by atoms with Gasteiger partial charge < -0.3 is 4.74 Å². The standard InChI is InChI=1S/C17H13IO/c1-12(13-5-3-2-4-6-13)15-9-14-10-16(18)7-8-17(14)19-11-15/h2-10H,1,11H2. The molecule has 2 heteroatoms. The van der Waals surface area contributed by atoms with Gasteiger partial charge >= 0.3 is 0 Å². The van der Waals surface area contributed by atoms with E-state index in [0.717, 1.165) is 28.0 Å². The van der Waals surface area contributed by atoms with E-state index in [0.29, 0.717) is 6.61 Å². The topological polar surface area (TPSA) is 9.23 Å². The highest BCUT2D eigenvalue weighted by atomic mass is 127. The van der Waals surface area contributed by atoms with E-state index in [-0.39, 0.29) is 0 Å². The Labute approximate surface area is 126 Å². The van der Waals surface area contributed by atoms with Gasteiger partial charge in [0.2, 0.25) is 0 Å². The molecule has 1 heterocycles. The second-order valence-electron chi connectivity index (χ2n) is 4.48. The molecule has 0 radical (unpaired) electrons. The lowest BCUT2D eigenvalue weighted by atomic mass is 9.96. The van der Waals surface area contributed by atoms with Gasteiger partial charge in [0.1, 0.15) is 12.4 Å². The first-order chi connectivity index (χ1) is 9.24. The van der Waals surface area contributed by atoms with Gasteiger partial charge in [-0.1, -0.05) is 36.9 Å². The molecule has 0 spiro atoms. The van der Waals surface area contributed by atoms with E-state index < -0.39 is 0 Å². The summed E-state index contributed by atoms with van der Waals surface area (Å²) >= 11 is 2.31. The third-order valence-corrected chi connectivity index (χ3v) is 3.87. The van der Waals surface area contributed by atoms with Crippen LogP contribution in [0.5, 0.6) is 5.75 Å². The van der Waals surface area contributed by atoms with Gasteiger partial charge in [0.25, 0.3) is 0 Å². The molecule has 94 valence electrons. The first-order valence-electron chi connectivity index (χ1n) is 6.11. The quantitative estimate of drug-likeness (QED) is 0.701. The largest absolute Gasteiger partial charge is 0.488 e. The fraction of sp³-hybridized carbons (Fsp3) is 0.0588. The zero-order valence-electron chi connectivity index (χ0n) is 10.4. The van der Waals surface area contributed by atoms with Gasteiger partial charge in [0.05, 0.1) is 0 Å². The molecule has 1 nitrogen and oxygen atoms in total. The summed E-state index contributed by atoms with van der Waals surface area (Å²) in [7, 11) is 0. The number of hydrogen-bond acceptors (Lipinski definition) is 1. The average Bonchev–Trinajstić information content (AvgIpc) is 2.46. The van der Waals surface area contributed by atoms with Gasteiger partial charge in [-0.15, -0.1) is 0 Å². The summed E-state index contributed by atoms with van der Waals surface area (Å²) < 4.78 is 7.01. The Kier molecular flexibility index (Phi) is 3.42. The van der Waals surface area contributed by atoms with Crippen LogP contribution < -0.4 is 4.74 Å². The molecule has 2 aromatic carbocycles. The maximum Gasteiger partial charge on any atom is 0.127 e. The molecule has 0 amide bonds. The fourth-order valence-corrected chi connectivity index (χ4v) is 2.66. The second kappa shape index (κ2) is 5.21. The normalized spacial score (nSPS) is 13.2. The van der Waals surface area contributed by atoms with Crippen LogP contribution in [0.1, 0.15) is 11.1 Å². The molecule has 3 rings (SSSR count). The van der Waals surface area contributed by atoms with Gasteiger partial charge in [-0.3, -0.25) is 0 Å². The summed E-state index contributed by atoms with van der Waals surface area (Å²) in [6.45, 7) is 4.78. The van der Waals surface area contributed by atoms with Crippen molar-refractivity contribution in [2.24, 2.45) is 0 Å². The maximum absolute atomic E-state index is 5.80. The number of hydrogen-bond donors (Lipinski definition) is 0. The Bertz CT molecular complexity index is 656. The highest BCUT2D eigenvalue weighted by molar-refractivity contribution is 14.1. The van der Waals surface area contributed by atoms with E-state index in [2.05, 4.69) is 59.5 Å². The molecule has 19 heavy (non-hydrogen) atoms. The van der Waals surface area contributed by atoms with E-state index in [1.165, 1.54) is 3.57 Å². The monoisotopic (exact) mass is 360 g/mol. The highest BCUT2D eigenvalue weighted by Gasteiger charge is 2.14. The van der Waals surface area contributed by atoms with Crippen LogP contribution in [-0.2, 0) is 0 Å². The van der Waals surface area contributed by atoms with E-state index in [4.69, 9.17) is 4.74 Å². The minimum atomic E-state index is 0.585. The zero-order chi connectivity index (χ0) is 13.2. The molecule has 1 aliphatic rings. The van der Waals surface area contributed by atoms with Crippen molar-refractivity contribution >= 4 is 34.2 Å². The van der Waals surface area contributed by atoms with Crippen LogP contribution in [0.3, 0.4) is 0 Å². The Morgan fingerprint density at radius 1 is 1.11 bits per heavy atom. The van der Waals surface area contributed by atoms with Crippen molar-refractivity contribution < 1.29 is 4.74 Å². The lowest BCUT2D eigenvalue weighted by Crippen LogP contribution is -2.08. The Morgan fingerprint density at radius 2 is 1.89 bits per heavy atom. The smallest absolute Gasteiger partial charge is 0.127 e. The number of ether oxygens (including phenoxy) is 1. The number of benzene rings is 2. The summed E-state index contributed by atoms with van der Waals surface area (Å²) in [5.41, 5.74) is 4.45. The van der Waals surface area contributed by atoms with Crippen LogP contribution >= 0.6 is 22.6 Å². The van der Waals surface area contributed by atoms with Gasteiger partial charge in [0.15, 0.2) is 0 Å². The lowest BCUT2D eigenvalue weighted by Gasteiger charge is -2.19. The highest BCUT2D eigenvalue weighted by Crippen LogP contribution is 2.32. The second-order valence-corrected chi connectivity index (χ2v) is 5.73. The van der Waals surface area contributed by atoms with Crippen molar-refractivity contribution in [3.05, 3.63) is 75.4 Å². The van der Waals surface area contributed by atoms with Crippen LogP contribution in [0.15, 0.2) is 60.7 Å². The van der Waals surface area contributed by atoms with Crippen LogP contribution in [0, 0.1) is 3.57 Å². The predicted octanol–water partition coefficient (Wildman–Crippen LogP) is 4.78. The zero-order valence-corrected chi connectivity index (χ0v) is 12.6. The molecule has 0 aliphatic carbocycles. The number of fused-ring (bicyclic) bond motifs is 1. The molecular weight excluding hydrogens is 347 g/mol. The van der Waals surface area contributed by atoms with Crippen LogP contribution in [0.2, 0.25) is 0 Å². The van der Waals surface area contributed by atoms with Crippen LogP contribution in [0.4, 0.5) is 0 Å². The summed E-state index contributed by atoms with van der Waals surface area (Å²) in [4.78, 5) is 0. The molecule has 0 fully saturated rings. The van der Waals surface area contributed by atoms with E-state index in [9.17, 15) is 0 Å². The van der Waals surface area contributed by atoms with Crippen molar-refractivity contribution in [3.63, 3.8) is 0 Å². The van der Waals surface area contributed by atoms with E-state index in [1.807, 2.05) is 24.3 Å². The number of halogens is 1. The molecular formula is C17H13IO. The van der Waals surface area contributed by atoms with Crippen molar-refractivity contribution in [3.8, 4) is 5.75 Å². The summed E-state index contributed by atoms with van der Waals surface area (Å²) in [5.74, 6) is 0.949. The van der Waals surface area contributed by atoms with Crippen molar-refractivity contribution in [1.29, 1.82) is 0 Å². The average molecular weight is 360 g/mol. The molecule has 0 unspecified atom stereocenters. The summed E-state index contributed by atoms with van der Waals surface area (Å²) in [6.07, 6.45) is 2.18. The molecule has 2 aromatic rings. The molecule has 0 saturated heterocycles. The first-order valence-corrected chi connectivity index (χ1v) is 7.19. The fourth-order valence-electron chi connectivity index (χ4n) is 2.15. The Balaban J connectivity index is 1.97. The molecule has 0 aromatic heterocycles. The first kappa shape index (κ1) is 12.5. The van der Waals surface area contributed by atoms with E-state index in [1.54, 1.807) is 0 Å². The van der Waals surface area contributed by atoms with E-state index >= 15 is 0 Å². The van der Waals surface area contributed by atoms with Crippen molar-refractivity contribution in [2.75, 3.05) is 6.61 Å². The minimum absolute atomic E-state index is 0.585. The van der Waals surface area contributed by atoms with Gasteiger partial charge in [-0.2, -0.15) is 0 Å². The third-order valence-electron chi connectivity index (χ3n) is 3.19. The third kappa shape index (κ3) is 2.59. The summed E-state index contributed by atoms with van der Waals surface area (Å²) in [6, 6.07) is 16.4. The Morgan fingerprint density at radius 3 is 2.68 bits per heavy atom. The van der Waals surface area contributed by atoms with Gasteiger partial charge in [-0.05, 0) is 63.6 Å². The number of rotatable bonds is 2. The molecule has 0 bridgehead atoms. The van der Waals surface area contributed by atoms with Crippen LogP contribution in [0.25, 0.3) is 11.6 Å². The minimum Gasteiger partial charge on any atom is -0.488 e. The molecule has 0 atom stereocenters. The van der Waals surface area contributed by atoms with Gasteiger partial charge in [0, 0.05) is 9.13 Å². The summed E-state index contributed by atoms with van der Waals surface area (Å²) in [5, 5.41) is 0. The van der Waals surface area contributed by atoms with Crippen molar-refractivity contribution in [2.45, 2.75) is 0 Å². The van der Waals surface area contributed by atoms with Crippen LogP contribution in [-0.4, -0.2) is 6.61 Å². The van der Waals surface area contributed by atoms with Crippen molar-refractivity contribution in [1.82, 2.24) is 0 Å². The molecule has 0 N–H and O–H groups in total. The van der Waals surface area contributed by atoms with Gasteiger partial charge in [-0.25, -0.2) is 0 Å². The lowest BCUT2D eigenvalue weighted by molar-refractivity contribution is 0.352. The molecule has 1 aliphatic heterocycles. The molecule has 0 saturated carbocycles. The predicted molar refractivity (Wildman–Crippen MR) is 88.1 cm³/mol.